The first-order valence-electron chi connectivity index (χ1n) is 12.4. The summed E-state index contributed by atoms with van der Waals surface area (Å²) in [5.41, 5.74) is 3.07. The van der Waals surface area contributed by atoms with E-state index in [1.54, 1.807) is 5.56 Å². The highest BCUT2D eigenvalue weighted by atomic mass is 14.4. The molecule has 0 spiro atoms. The zero-order chi connectivity index (χ0) is 20.1. The van der Waals surface area contributed by atoms with Gasteiger partial charge in [0.25, 0.3) is 0 Å². The molecule has 0 aliphatic heterocycles. The third-order valence-corrected chi connectivity index (χ3v) is 8.05. The molecule has 2 fully saturated rings. The summed E-state index contributed by atoms with van der Waals surface area (Å²) in [7, 11) is 0. The van der Waals surface area contributed by atoms with Crippen molar-refractivity contribution in [3.8, 4) is 0 Å². The van der Waals surface area contributed by atoms with Gasteiger partial charge in [0.1, 0.15) is 0 Å². The number of allylic oxidation sites excluding steroid dienone is 1. The molecule has 2 aromatic carbocycles. The van der Waals surface area contributed by atoms with Crippen LogP contribution < -0.4 is 0 Å². The Labute approximate surface area is 178 Å². The Morgan fingerprint density at radius 1 is 0.828 bits per heavy atom. The molecular weight excluding hydrogens is 348 g/mol. The normalized spacial score (nSPS) is 27.8. The summed E-state index contributed by atoms with van der Waals surface area (Å²) in [4.78, 5) is 0. The molecule has 0 radical (unpaired) electrons. The molecular formula is C29H40. The highest BCUT2D eigenvalue weighted by molar-refractivity contribution is 5.84. The lowest BCUT2D eigenvalue weighted by Gasteiger charge is -2.38. The van der Waals surface area contributed by atoms with E-state index >= 15 is 0 Å². The van der Waals surface area contributed by atoms with E-state index in [-0.39, 0.29) is 0 Å². The Kier molecular flexibility index (Phi) is 7.11. The Hall–Kier alpha value is -1.56. The Bertz CT molecular complexity index is 785. The average molecular weight is 389 g/mol. The maximum Gasteiger partial charge on any atom is -0.0162 e. The van der Waals surface area contributed by atoms with E-state index in [1.165, 1.54) is 93.4 Å². The molecule has 0 aromatic heterocycles. The minimum absolute atomic E-state index is 0.787. The SMILES string of the molecule is C=CCCC1CCC(C2CCC(c3ccc4cc(CCC)ccc4c3)CC2)CC1. The summed E-state index contributed by atoms with van der Waals surface area (Å²) >= 11 is 0. The number of fused-ring (bicyclic) bond motifs is 1. The summed E-state index contributed by atoms with van der Waals surface area (Å²) in [6.07, 6.45) is 18.8. The molecule has 0 heteroatoms. The maximum atomic E-state index is 3.89. The van der Waals surface area contributed by atoms with Gasteiger partial charge in [-0.25, -0.2) is 0 Å². The van der Waals surface area contributed by atoms with Crippen LogP contribution in [-0.2, 0) is 6.42 Å². The second kappa shape index (κ2) is 9.96. The van der Waals surface area contributed by atoms with Crippen molar-refractivity contribution in [1.29, 1.82) is 0 Å². The molecule has 4 rings (SSSR count). The number of hydrogen-bond donors (Lipinski definition) is 0. The average Bonchev–Trinajstić information content (AvgIpc) is 2.78. The van der Waals surface area contributed by atoms with Crippen LogP contribution in [0.5, 0.6) is 0 Å². The Morgan fingerprint density at radius 3 is 2.17 bits per heavy atom. The quantitative estimate of drug-likeness (QED) is 0.415. The van der Waals surface area contributed by atoms with Crippen molar-refractivity contribution in [2.24, 2.45) is 17.8 Å². The van der Waals surface area contributed by atoms with Crippen molar-refractivity contribution in [2.75, 3.05) is 0 Å². The van der Waals surface area contributed by atoms with E-state index in [9.17, 15) is 0 Å². The topological polar surface area (TPSA) is 0 Å². The zero-order valence-electron chi connectivity index (χ0n) is 18.5. The number of benzene rings is 2. The molecule has 0 nitrogen and oxygen atoms in total. The van der Waals surface area contributed by atoms with Gasteiger partial charge in [-0.2, -0.15) is 0 Å². The molecule has 0 heterocycles. The van der Waals surface area contributed by atoms with Gasteiger partial charge in [-0.15, -0.1) is 6.58 Å². The smallest absolute Gasteiger partial charge is 0.0162 e. The van der Waals surface area contributed by atoms with Crippen molar-refractivity contribution in [3.63, 3.8) is 0 Å². The molecule has 2 saturated carbocycles. The van der Waals surface area contributed by atoms with Gasteiger partial charge in [0, 0.05) is 0 Å². The van der Waals surface area contributed by atoms with Crippen LogP contribution in [0, 0.1) is 17.8 Å². The lowest BCUT2D eigenvalue weighted by molar-refractivity contribution is 0.157. The Morgan fingerprint density at radius 2 is 1.48 bits per heavy atom. The number of hydrogen-bond acceptors (Lipinski definition) is 0. The second-order valence-corrected chi connectivity index (χ2v) is 9.95. The van der Waals surface area contributed by atoms with Gasteiger partial charge in [-0.1, -0.05) is 68.7 Å². The van der Waals surface area contributed by atoms with Gasteiger partial charge >= 0.3 is 0 Å². The lowest BCUT2D eigenvalue weighted by atomic mass is 9.68. The first-order chi connectivity index (χ1) is 14.3. The van der Waals surface area contributed by atoms with E-state index < -0.39 is 0 Å². The van der Waals surface area contributed by atoms with Gasteiger partial charge in [-0.3, -0.25) is 0 Å². The van der Waals surface area contributed by atoms with E-state index in [2.05, 4.69) is 56.0 Å². The fraction of sp³-hybridized carbons (Fsp3) is 0.586. The molecule has 0 saturated heterocycles. The first-order valence-corrected chi connectivity index (χ1v) is 12.4. The second-order valence-electron chi connectivity index (χ2n) is 9.95. The van der Waals surface area contributed by atoms with Crippen molar-refractivity contribution >= 4 is 10.8 Å². The molecule has 2 aromatic rings. The molecule has 0 N–H and O–H groups in total. The third-order valence-electron chi connectivity index (χ3n) is 8.05. The molecule has 0 bridgehead atoms. The predicted octanol–water partition coefficient (Wildman–Crippen LogP) is 8.84. The Balaban J connectivity index is 1.31. The van der Waals surface area contributed by atoms with Crippen molar-refractivity contribution < 1.29 is 0 Å². The maximum absolute atomic E-state index is 3.89. The fourth-order valence-electron chi connectivity index (χ4n) is 6.24. The third kappa shape index (κ3) is 5.14. The van der Waals surface area contributed by atoms with E-state index in [1.807, 2.05) is 0 Å². The summed E-state index contributed by atoms with van der Waals surface area (Å²) in [6.45, 7) is 6.16. The highest BCUT2D eigenvalue weighted by Crippen LogP contribution is 2.44. The van der Waals surface area contributed by atoms with Crippen molar-refractivity contribution in [2.45, 2.75) is 89.9 Å². The van der Waals surface area contributed by atoms with Gasteiger partial charge < -0.3 is 0 Å². The number of aryl methyl sites for hydroxylation is 1. The molecule has 156 valence electrons. The van der Waals surface area contributed by atoms with Crippen LogP contribution in [0.1, 0.15) is 94.6 Å². The van der Waals surface area contributed by atoms with Gasteiger partial charge in [-0.05, 0) is 103 Å². The summed E-state index contributed by atoms with van der Waals surface area (Å²) in [5, 5.41) is 2.85. The number of rotatable bonds is 7. The molecule has 2 aliphatic rings. The van der Waals surface area contributed by atoms with Gasteiger partial charge in [0.05, 0.1) is 0 Å². The molecule has 2 aliphatic carbocycles. The summed E-state index contributed by atoms with van der Waals surface area (Å²) in [6, 6.07) is 14.4. The van der Waals surface area contributed by atoms with Crippen LogP contribution in [0.3, 0.4) is 0 Å². The minimum Gasteiger partial charge on any atom is -0.103 e. The largest absolute Gasteiger partial charge is 0.103 e. The molecule has 0 amide bonds. The summed E-state index contributed by atoms with van der Waals surface area (Å²) < 4.78 is 0. The van der Waals surface area contributed by atoms with Gasteiger partial charge in [0.15, 0.2) is 0 Å². The van der Waals surface area contributed by atoms with Crippen molar-refractivity contribution in [3.05, 3.63) is 60.2 Å². The molecule has 0 unspecified atom stereocenters. The first kappa shape index (κ1) is 20.7. The van der Waals surface area contributed by atoms with Crippen LogP contribution in [0.15, 0.2) is 49.1 Å². The lowest BCUT2D eigenvalue weighted by Crippen LogP contribution is -2.25. The van der Waals surface area contributed by atoms with Crippen LogP contribution in [0.2, 0.25) is 0 Å². The molecule has 0 atom stereocenters. The zero-order valence-corrected chi connectivity index (χ0v) is 18.5. The standard InChI is InChI=1S/C29H40/c1-3-5-7-22-8-11-24(12-9-22)25-14-16-26(17-15-25)28-19-18-27-20-23(6-4-2)10-13-29(27)21-28/h3,10,13,18-22,24-26H,1,4-9,11-12,14-17H2,2H3. The van der Waals surface area contributed by atoms with Crippen molar-refractivity contribution in [1.82, 2.24) is 0 Å². The van der Waals surface area contributed by atoms with Crippen LogP contribution in [0.25, 0.3) is 10.8 Å². The van der Waals surface area contributed by atoms with E-state index in [4.69, 9.17) is 0 Å². The molecule has 29 heavy (non-hydrogen) atoms. The highest BCUT2D eigenvalue weighted by Gasteiger charge is 2.31. The monoisotopic (exact) mass is 388 g/mol. The van der Waals surface area contributed by atoms with E-state index in [0.717, 1.165) is 23.7 Å². The van der Waals surface area contributed by atoms with Crippen LogP contribution in [0.4, 0.5) is 0 Å². The van der Waals surface area contributed by atoms with Crippen LogP contribution in [-0.4, -0.2) is 0 Å². The van der Waals surface area contributed by atoms with Gasteiger partial charge in [0.2, 0.25) is 0 Å². The predicted molar refractivity (Wildman–Crippen MR) is 128 cm³/mol. The minimum atomic E-state index is 0.787. The fourth-order valence-corrected chi connectivity index (χ4v) is 6.24. The van der Waals surface area contributed by atoms with E-state index in [0.29, 0.717) is 0 Å². The summed E-state index contributed by atoms with van der Waals surface area (Å²) in [5.74, 6) is 3.79. The van der Waals surface area contributed by atoms with Crippen LogP contribution >= 0.6 is 0 Å².